The molecule has 0 N–H and O–H groups in total. The summed E-state index contributed by atoms with van der Waals surface area (Å²) in [7, 11) is 1.43. The van der Waals surface area contributed by atoms with Crippen LogP contribution in [0.2, 0.25) is 0 Å². The Hall–Kier alpha value is -0.800. The molecule has 0 saturated carbocycles. The third-order valence-corrected chi connectivity index (χ3v) is 2.42. The Morgan fingerprint density at radius 2 is 2.29 bits per heavy atom. The van der Waals surface area contributed by atoms with E-state index >= 15 is 0 Å². The molecule has 5 heteroatoms. The molecular formula is C9H5ClINO2. The second kappa shape index (κ2) is 4.62. The van der Waals surface area contributed by atoms with Crippen molar-refractivity contribution in [3.63, 3.8) is 0 Å². The van der Waals surface area contributed by atoms with Crippen LogP contribution in [0.3, 0.4) is 0 Å². The molecule has 0 unspecified atom stereocenters. The average molecular weight is 322 g/mol. The molecule has 0 spiro atoms. The molecule has 1 aromatic carbocycles. The van der Waals surface area contributed by atoms with Gasteiger partial charge in [-0.05, 0) is 46.3 Å². The van der Waals surface area contributed by atoms with Crippen molar-refractivity contribution >= 4 is 39.4 Å². The smallest absolute Gasteiger partial charge is 0.257 e. The Labute approximate surface area is 99.8 Å². The summed E-state index contributed by atoms with van der Waals surface area (Å²) in [6.45, 7) is 0. The van der Waals surface area contributed by atoms with Crippen molar-refractivity contribution in [2.75, 3.05) is 7.11 Å². The average Bonchev–Trinajstić information content (AvgIpc) is 2.15. The molecule has 0 heterocycles. The number of carbonyl (C=O) groups is 1. The SMILES string of the molecule is COc1cc(I)cc(C#N)c1C(=O)Cl. The first-order valence-electron chi connectivity index (χ1n) is 3.57. The molecule has 0 aliphatic rings. The van der Waals surface area contributed by atoms with E-state index in [0.717, 1.165) is 3.57 Å². The van der Waals surface area contributed by atoms with E-state index in [1.54, 1.807) is 12.1 Å². The Morgan fingerprint density at radius 1 is 1.64 bits per heavy atom. The maximum Gasteiger partial charge on any atom is 0.257 e. The van der Waals surface area contributed by atoms with Gasteiger partial charge in [-0.2, -0.15) is 5.26 Å². The van der Waals surface area contributed by atoms with Crippen molar-refractivity contribution in [2.45, 2.75) is 0 Å². The lowest BCUT2D eigenvalue weighted by Gasteiger charge is -2.06. The summed E-state index contributed by atoms with van der Waals surface area (Å²) < 4.78 is 5.79. The Morgan fingerprint density at radius 3 is 2.71 bits per heavy atom. The zero-order valence-electron chi connectivity index (χ0n) is 7.17. The minimum Gasteiger partial charge on any atom is -0.496 e. The second-order valence-corrected chi connectivity index (χ2v) is 4.01. The second-order valence-electron chi connectivity index (χ2n) is 2.42. The molecule has 0 fully saturated rings. The van der Waals surface area contributed by atoms with Gasteiger partial charge in [0.2, 0.25) is 0 Å². The number of benzene rings is 1. The summed E-state index contributed by atoms with van der Waals surface area (Å²) in [6, 6.07) is 5.13. The number of nitriles is 1. The molecule has 72 valence electrons. The monoisotopic (exact) mass is 321 g/mol. The fourth-order valence-electron chi connectivity index (χ4n) is 1.03. The molecule has 3 nitrogen and oxygen atoms in total. The lowest BCUT2D eigenvalue weighted by Crippen LogP contribution is -2.00. The zero-order chi connectivity index (χ0) is 10.7. The minimum atomic E-state index is -0.685. The highest BCUT2D eigenvalue weighted by Gasteiger charge is 2.16. The summed E-state index contributed by atoms with van der Waals surface area (Å²) in [6.07, 6.45) is 0. The minimum absolute atomic E-state index is 0.122. The topological polar surface area (TPSA) is 50.1 Å². The van der Waals surface area contributed by atoms with Gasteiger partial charge in [0.1, 0.15) is 11.8 Å². The highest BCUT2D eigenvalue weighted by Crippen LogP contribution is 2.26. The molecule has 0 atom stereocenters. The number of hydrogen-bond acceptors (Lipinski definition) is 3. The normalized spacial score (nSPS) is 9.29. The van der Waals surface area contributed by atoms with Gasteiger partial charge in [-0.1, -0.05) is 0 Å². The molecule has 0 aliphatic carbocycles. The highest BCUT2D eigenvalue weighted by atomic mass is 127. The van der Waals surface area contributed by atoms with Crippen LogP contribution in [0.5, 0.6) is 5.75 Å². The summed E-state index contributed by atoms with van der Waals surface area (Å²) in [5.41, 5.74) is 0.353. The van der Waals surface area contributed by atoms with Gasteiger partial charge < -0.3 is 4.74 Å². The maximum absolute atomic E-state index is 11.0. The van der Waals surface area contributed by atoms with E-state index in [1.165, 1.54) is 7.11 Å². The summed E-state index contributed by atoms with van der Waals surface area (Å²) in [5.74, 6) is 0.327. The van der Waals surface area contributed by atoms with Crippen molar-refractivity contribution in [3.05, 3.63) is 26.8 Å². The van der Waals surface area contributed by atoms with E-state index in [1.807, 2.05) is 28.7 Å². The summed E-state index contributed by atoms with van der Waals surface area (Å²) >= 11 is 7.38. The van der Waals surface area contributed by atoms with Crippen molar-refractivity contribution in [3.8, 4) is 11.8 Å². The van der Waals surface area contributed by atoms with E-state index < -0.39 is 5.24 Å². The third kappa shape index (κ3) is 2.16. The predicted octanol–water partition coefficient (Wildman–Crippen LogP) is 2.55. The van der Waals surface area contributed by atoms with Crippen LogP contribution in [-0.4, -0.2) is 12.4 Å². The fraction of sp³-hybridized carbons (Fsp3) is 0.111. The molecule has 0 radical (unpaired) electrons. The first-order chi connectivity index (χ1) is 6.60. The van der Waals surface area contributed by atoms with E-state index in [4.69, 9.17) is 21.6 Å². The van der Waals surface area contributed by atoms with Crippen LogP contribution in [0.1, 0.15) is 15.9 Å². The summed E-state index contributed by atoms with van der Waals surface area (Å²) in [5, 5.41) is 8.11. The van der Waals surface area contributed by atoms with Crippen LogP contribution >= 0.6 is 34.2 Å². The van der Waals surface area contributed by atoms with Gasteiger partial charge in [-0.15, -0.1) is 0 Å². The Bertz CT molecular complexity index is 426. The molecule has 0 saturated heterocycles. The van der Waals surface area contributed by atoms with Gasteiger partial charge in [0, 0.05) is 3.57 Å². The van der Waals surface area contributed by atoms with Crippen molar-refractivity contribution in [1.29, 1.82) is 5.26 Å². The Kier molecular flexibility index (Phi) is 3.72. The standard InChI is InChI=1S/C9H5ClINO2/c1-14-7-3-6(11)2-5(4-12)8(7)9(10)13/h2-3H,1H3. The largest absolute Gasteiger partial charge is 0.496 e. The van der Waals surface area contributed by atoms with Crippen molar-refractivity contribution < 1.29 is 9.53 Å². The quantitative estimate of drug-likeness (QED) is 0.621. The molecule has 1 aromatic rings. The van der Waals surface area contributed by atoms with Crippen LogP contribution < -0.4 is 4.74 Å². The van der Waals surface area contributed by atoms with E-state index in [2.05, 4.69) is 0 Å². The van der Waals surface area contributed by atoms with E-state index in [9.17, 15) is 4.79 Å². The number of rotatable bonds is 2. The van der Waals surface area contributed by atoms with Gasteiger partial charge in [0.25, 0.3) is 5.24 Å². The van der Waals surface area contributed by atoms with Crippen LogP contribution in [0, 0.1) is 14.9 Å². The van der Waals surface area contributed by atoms with Crippen molar-refractivity contribution in [2.24, 2.45) is 0 Å². The number of halogens is 2. The van der Waals surface area contributed by atoms with Gasteiger partial charge in [-0.25, -0.2) is 0 Å². The van der Waals surface area contributed by atoms with Crippen LogP contribution in [0.25, 0.3) is 0 Å². The molecular weight excluding hydrogens is 316 g/mol. The fourth-order valence-corrected chi connectivity index (χ4v) is 1.82. The first kappa shape index (κ1) is 11.3. The van der Waals surface area contributed by atoms with E-state index in [-0.39, 0.29) is 11.1 Å². The van der Waals surface area contributed by atoms with E-state index in [0.29, 0.717) is 5.75 Å². The van der Waals surface area contributed by atoms with Crippen molar-refractivity contribution in [1.82, 2.24) is 0 Å². The number of methoxy groups -OCH3 is 1. The zero-order valence-corrected chi connectivity index (χ0v) is 10.1. The van der Waals surface area contributed by atoms with Crippen LogP contribution in [0.4, 0.5) is 0 Å². The molecule has 0 bridgehead atoms. The highest BCUT2D eigenvalue weighted by molar-refractivity contribution is 14.1. The molecule has 14 heavy (non-hydrogen) atoms. The van der Waals surface area contributed by atoms with Gasteiger partial charge >= 0.3 is 0 Å². The lowest BCUT2D eigenvalue weighted by molar-refractivity contribution is 0.107. The first-order valence-corrected chi connectivity index (χ1v) is 5.03. The third-order valence-electron chi connectivity index (χ3n) is 1.60. The number of nitrogens with zero attached hydrogens (tertiary/aromatic N) is 1. The predicted molar refractivity (Wildman–Crippen MR) is 60.6 cm³/mol. The number of hydrogen-bond donors (Lipinski definition) is 0. The molecule has 0 aliphatic heterocycles. The maximum atomic E-state index is 11.0. The van der Waals surface area contributed by atoms with Crippen LogP contribution in [0.15, 0.2) is 12.1 Å². The van der Waals surface area contributed by atoms with Gasteiger partial charge in [0.15, 0.2) is 0 Å². The molecule has 1 rings (SSSR count). The number of ether oxygens (including phenoxy) is 1. The Balaban J connectivity index is 3.50. The lowest BCUT2D eigenvalue weighted by atomic mass is 10.1. The van der Waals surface area contributed by atoms with Gasteiger partial charge in [0.05, 0.1) is 18.2 Å². The van der Waals surface area contributed by atoms with Gasteiger partial charge in [-0.3, -0.25) is 4.79 Å². The summed E-state index contributed by atoms with van der Waals surface area (Å²) in [4.78, 5) is 11.0. The molecule has 0 aromatic heterocycles. The molecule has 0 amide bonds. The van der Waals surface area contributed by atoms with Crippen LogP contribution in [-0.2, 0) is 0 Å². The number of carbonyl (C=O) groups excluding carboxylic acids is 1.